The lowest BCUT2D eigenvalue weighted by atomic mass is 10.00. The predicted molar refractivity (Wildman–Crippen MR) is 69.8 cm³/mol. The molecule has 0 aliphatic rings. The first-order valence-electron chi connectivity index (χ1n) is 5.06. The maximum Gasteiger partial charge on any atom is 0.364 e. The fourth-order valence-electron chi connectivity index (χ4n) is 1.62. The number of rotatable bonds is 2. The van der Waals surface area contributed by atoms with E-state index in [4.69, 9.17) is 28.6 Å². The van der Waals surface area contributed by atoms with Crippen molar-refractivity contribution >= 4 is 23.2 Å². The molecule has 84 valence electrons. The van der Waals surface area contributed by atoms with Gasteiger partial charge in [-0.3, -0.25) is 0 Å². The van der Waals surface area contributed by atoms with E-state index in [0.29, 0.717) is 10.0 Å². The number of diazo groups is 1. The minimum Gasteiger partial charge on any atom is -0.0843 e. The fraction of sp³-hybridized carbons (Fsp3) is 0.0769. The van der Waals surface area contributed by atoms with Crippen molar-refractivity contribution in [1.29, 1.82) is 5.39 Å². The van der Waals surface area contributed by atoms with Crippen molar-refractivity contribution in [1.82, 2.24) is 0 Å². The fourth-order valence-corrected chi connectivity index (χ4v) is 1.87. The van der Waals surface area contributed by atoms with E-state index in [0.717, 1.165) is 11.1 Å². The summed E-state index contributed by atoms with van der Waals surface area (Å²) >= 11 is 11.6. The van der Waals surface area contributed by atoms with Gasteiger partial charge in [0.15, 0.2) is 0 Å². The first-order valence-corrected chi connectivity index (χ1v) is 5.81. The summed E-state index contributed by atoms with van der Waals surface area (Å²) in [6.07, 6.45) is 0. The lowest BCUT2D eigenvalue weighted by Gasteiger charge is -2.01. The zero-order chi connectivity index (χ0) is 12.3. The van der Waals surface area contributed by atoms with Crippen LogP contribution in [0.5, 0.6) is 0 Å². The van der Waals surface area contributed by atoms with E-state index in [1.807, 2.05) is 24.3 Å². The van der Waals surface area contributed by atoms with Crippen LogP contribution in [0.3, 0.4) is 0 Å². The van der Waals surface area contributed by atoms with Gasteiger partial charge in [0.25, 0.3) is 0 Å². The Morgan fingerprint density at radius 2 is 1.12 bits per heavy atom. The summed E-state index contributed by atoms with van der Waals surface area (Å²) < 4.78 is 0. The minimum atomic E-state index is -0.412. The topological polar surface area (TPSA) is 28.1 Å². The monoisotopic (exact) mass is 263 g/mol. The third kappa shape index (κ3) is 2.76. The molecule has 0 N–H and O–H groups in total. The van der Waals surface area contributed by atoms with Crippen molar-refractivity contribution in [2.45, 2.75) is 6.04 Å². The summed E-state index contributed by atoms with van der Waals surface area (Å²) in [5.41, 5.74) is 1.75. The van der Waals surface area contributed by atoms with Crippen molar-refractivity contribution in [3.8, 4) is 0 Å². The smallest absolute Gasteiger partial charge is 0.0843 e. The zero-order valence-corrected chi connectivity index (χ0v) is 10.4. The number of nitrogens with zero attached hydrogens (tertiary/aromatic N) is 2. The van der Waals surface area contributed by atoms with Crippen LogP contribution in [0.1, 0.15) is 17.2 Å². The average Bonchev–Trinajstić information content (AvgIpc) is 2.35. The van der Waals surface area contributed by atoms with Gasteiger partial charge in [-0.2, -0.15) is 0 Å². The van der Waals surface area contributed by atoms with E-state index in [9.17, 15) is 0 Å². The molecule has 0 spiro atoms. The number of hydrogen-bond donors (Lipinski definition) is 0. The van der Waals surface area contributed by atoms with Crippen molar-refractivity contribution < 1.29 is 0 Å². The molecule has 0 saturated carbocycles. The van der Waals surface area contributed by atoms with E-state index in [2.05, 4.69) is 4.98 Å². The highest BCUT2D eigenvalue weighted by Crippen LogP contribution is 2.27. The van der Waals surface area contributed by atoms with Crippen LogP contribution in [0.2, 0.25) is 10.0 Å². The van der Waals surface area contributed by atoms with Gasteiger partial charge < -0.3 is 0 Å². The number of benzene rings is 2. The standard InChI is InChI=1S/C13H9Cl2N2/c14-11-5-1-9(2-6-11)13(17-16)10-3-7-12(15)8-4-10/h1-8,13H/q+1. The van der Waals surface area contributed by atoms with Crippen molar-refractivity contribution in [3.63, 3.8) is 0 Å². The molecule has 2 rings (SSSR count). The molecule has 0 saturated heterocycles. The number of halogens is 2. The Bertz CT molecular complexity index is 496. The van der Waals surface area contributed by atoms with Gasteiger partial charge in [0.1, 0.15) is 4.98 Å². The molecule has 4 heteroatoms. The van der Waals surface area contributed by atoms with Crippen LogP contribution in [0, 0.1) is 5.39 Å². The Morgan fingerprint density at radius 3 is 1.41 bits per heavy atom. The van der Waals surface area contributed by atoms with Crippen molar-refractivity contribution in [3.05, 3.63) is 74.7 Å². The molecule has 17 heavy (non-hydrogen) atoms. The Balaban J connectivity index is 2.37. The maximum atomic E-state index is 9.13. The minimum absolute atomic E-state index is 0.412. The van der Waals surface area contributed by atoms with Crippen LogP contribution >= 0.6 is 23.2 Å². The second-order valence-electron chi connectivity index (χ2n) is 3.62. The molecule has 0 fully saturated rings. The molecule has 2 aromatic carbocycles. The molecule has 2 aromatic rings. The molecule has 0 heterocycles. The van der Waals surface area contributed by atoms with Gasteiger partial charge >= 0.3 is 6.04 Å². The lowest BCUT2D eigenvalue weighted by Crippen LogP contribution is -1.95. The van der Waals surface area contributed by atoms with Crippen LogP contribution in [0.4, 0.5) is 0 Å². The summed E-state index contributed by atoms with van der Waals surface area (Å²) in [5, 5.41) is 10.4. The van der Waals surface area contributed by atoms with Gasteiger partial charge in [-0.05, 0) is 48.5 Å². The third-order valence-electron chi connectivity index (χ3n) is 2.49. The second kappa shape index (κ2) is 5.18. The van der Waals surface area contributed by atoms with Gasteiger partial charge in [-0.1, -0.05) is 23.2 Å². The van der Waals surface area contributed by atoms with Gasteiger partial charge in [-0.25, -0.2) is 0 Å². The summed E-state index contributed by atoms with van der Waals surface area (Å²) in [7, 11) is 0. The molecule has 0 radical (unpaired) electrons. The van der Waals surface area contributed by atoms with Crippen molar-refractivity contribution in [2.24, 2.45) is 0 Å². The highest BCUT2D eigenvalue weighted by Gasteiger charge is 2.25. The largest absolute Gasteiger partial charge is 0.364 e. The van der Waals surface area contributed by atoms with E-state index in [1.165, 1.54) is 0 Å². The summed E-state index contributed by atoms with van der Waals surface area (Å²) in [4.78, 5) is 3.40. The number of hydrogen-bond acceptors (Lipinski definition) is 1. The molecular weight excluding hydrogens is 255 g/mol. The first kappa shape index (κ1) is 11.9. The highest BCUT2D eigenvalue weighted by atomic mass is 35.5. The lowest BCUT2D eigenvalue weighted by molar-refractivity contribution is 0.986. The average molecular weight is 264 g/mol. The molecule has 2 nitrogen and oxygen atoms in total. The van der Waals surface area contributed by atoms with Crippen LogP contribution in [0.25, 0.3) is 4.98 Å². The Morgan fingerprint density at radius 1 is 0.765 bits per heavy atom. The first-order chi connectivity index (χ1) is 8.20. The van der Waals surface area contributed by atoms with Crippen molar-refractivity contribution in [2.75, 3.05) is 0 Å². The third-order valence-corrected chi connectivity index (χ3v) is 2.99. The Hall–Kier alpha value is -1.56. The Kier molecular flexibility index (Phi) is 3.63. The Labute approximate surface area is 109 Å². The van der Waals surface area contributed by atoms with Gasteiger partial charge in [0.05, 0.1) is 0 Å². The van der Waals surface area contributed by atoms with Gasteiger partial charge in [0.2, 0.25) is 5.39 Å². The molecule has 0 atom stereocenters. The van der Waals surface area contributed by atoms with Crippen LogP contribution in [-0.4, -0.2) is 0 Å². The molecule has 0 aliphatic heterocycles. The molecule has 0 aliphatic carbocycles. The van der Waals surface area contributed by atoms with Gasteiger partial charge in [-0.15, -0.1) is 0 Å². The summed E-state index contributed by atoms with van der Waals surface area (Å²) in [6.45, 7) is 0. The maximum absolute atomic E-state index is 9.13. The van der Waals surface area contributed by atoms with E-state index in [-0.39, 0.29) is 0 Å². The van der Waals surface area contributed by atoms with Crippen LogP contribution in [0.15, 0.2) is 48.5 Å². The van der Waals surface area contributed by atoms with Crippen LogP contribution in [-0.2, 0) is 0 Å². The summed E-state index contributed by atoms with van der Waals surface area (Å²) in [6, 6.07) is 14.0. The second-order valence-corrected chi connectivity index (χ2v) is 4.49. The quantitative estimate of drug-likeness (QED) is 0.706. The SMILES string of the molecule is N#[N+]C(c1ccc(Cl)cc1)c1ccc(Cl)cc1. The molecule has 0 amide bonds. The molecule has 0 unspecified atom stereocenters. The predicted octanol–water partition coefficient (Wildman–Crippen LogP) is 4.94. The van der Waals surface area contributed by atoms with Crippen LogP contribution < -0.4 is 0 Å². The molecule has 0 aromatic heterocycles. The highest BCUT2D eigenvalue weighted by molar-refractivity contribution is 6.30. The molecular formula is C13H9Cl2N2+. The zero-order valence-electron chi connectivity index (χ0n) is 8.85. The summed E-state index contributed by atoms with van der Waals surface area (Å²) in [5.74, 6) is 0. The van der Waals surface area contributed by atoms with E-state index >= 15 is 0 Å². The molecule has 0 bridgehead atoms. The van der Waals surface area contributed by atoms with E-state index < -0.39 is 6.04 Å². The normalized spacial score (nSPS) is 10.2. The van der Waals surface area contributed by atoms with Gasteiger partial charge in [0, 0.05) is 21.2 Å². The van der Waals surface area contributed by atoms with E-state index in [1.54, 1.807) is 24.3 Å².